The normalized spacial score (nSPS) is 17.4. The van der Waals surface area contributed by atoms with Crippen molar-refractivity contribution < 1.29 is 18.7 Å². The molecule has 2 fully saturated rings. The SMILES string of the molecule is COCc1cc(N2CCN(c3ccccc3F)CC2)nc(SCc2cccc(C(=O)NC[C@@H]3CCCO3)c2)n1. The molecule has 2 aliphatic heterocycles. The number of benzene rings is 2. The van der Waals surface area contributed by atoms with E-state index >= 15 is 0 Å². The minimum Gasteiger partial charge on any atom is -0.378 e. The van der Waals surface area contributed by atoms with E-state index in [0.717, 1.165) is 49.6 Å². The zero-order chi connectivity index (χ0) is 27.0. The Morgan fingerprint density at radius 1 is 1.10 bits per heavy atom. The number of hydrogen-bond donors (Lipinski definition) is 1. The lowest BCUT2D eigenvalue weighted by Gasteiger charge is -2.37. The van der Waals surface area contributed by atoms with E-state index in [1.54, 1.807) is 13.2 Å². The molecule has 0 radical (unpaired) electrons. The van der Waals surface area contributed by atoms with Crippen LogP contribution >= 0.6 is 11.8 Å². The summed E-state index contributed by atoms with van der Waals surface area (Å²) in [5, 5.41) is 3.64. The number of carbonyl (C=O) groups is 1. The van der Waals surface area contributed by atoms with Crippen LogP contribution in [0.3, 0.4) is 0 Å². The van der Waals surface area contributed by atoms with Crippen molar-refractivity contribution in [2.75, 3.05) is 56.2 Å². The van der Waals surface area contributed by atoms with E-state index in [9.17, 15) is 9.18 Å². The van der Waals surface area contributed by atoms with Gasteiger partial charge in [-0.05, 0) is 42.7 Å². The molecule has 1 aromatic heterocycles. The van der Waals surface area contributed by atoms with Crippen LogP contribution in [0.15, 0.2) is 59.8 Å². The highest BCUT2D eigenvalue weighted by molar-refractivity contribution is 7.98. The Morgan fingerprint density at radius 2 is 1.92 bits per heavy atom. The highest BCUT2D eigenvalue weighted by atomic mass is 32.2. The van der Waals surface area contributed by atoms with E-state index < -0.39 is 0 Å². The summed E-state index contributed by atoms with van der Waals surface area (Å²) in [4.78, 5) is 26.5. The van der Waals surface area contributed by atoms with Crippen LogP contribution in [0.5, 0.6) is 0 Å². The molecule has 1 atom stereocenters. The second-order valence-corrected chi connectivity index (χ2v) is 10.6. The molecular formula is C29H34FN5O3S. The fourth-order valence-corrected chi connectivity index (χ4v) is 5.67. The van der Waals surface area contributed by atoms with Crippen molar-refractivity contribution in [3.8, 4) is 0 Å². The van der Waals surface area contributed by atoms with Crippen LogP contribution < -0.4 is 15.1 Å². The summed E-state index contributed by atoms with van der Waals surface area (Å²) >= 11 is 1.53. The Kier molecular flexibility index (Phi) is 9.28. The molecule has 1 amide bonds. The Morgan fingerprint density at radius 3 is 2.69 bits per heavy atom. The van der Waals surface area contributed by atoms with Gasteiger partial charge < -0.3 is 24.6 Å². The summed E-state index contributed by atoms with van der Waals surface area (Å²) in [6.45, 7) is 4.56. The summed E-state index contributed by atoms with van der Waals surface area (Å²) < 4.78 is 25.2. The maximum Gasteiger partial charge on any atom is 0.251 e. The number of nitrogens with one attached hydrogen (secondary N) is 1. The first-order chi connectivity index (χ1) is 19.1. The Balaban J connectivity index is 1.22. The third kappa shape index (κ3) is 7.26. The first-order valence-corrected chi connectivity index (χ1v) is 14.3. The van der Waals surface area contributed by atoms with Crippen molar-refractivity contribution in [3.63, 3.8) is 0 Å². The predicted octanol–water partition coefficient (Wildman–Crippen LogP) is 4.29. The lowest BCUT2D eigenvalue weighted by Crippen LogP contribution is -2.47. The summed E-state index contributed by atoms with van der Waals surface area (Å²) in [5.74, 6) is 1.19. The van der Waals surface area contributed by atoms with Crippen molar-refractivity contribution in [1.29, 1.82) is 0 Å². The largest absolute Gasteiger partial charge is 0.378 e. The van der Waals surface area contributed by atoms with Crippen LogP contribution in [0.2, 0.25) is 0 Å². The molecule has 2 saturated heterocycles. The number of nitrogens with zero attached hydrogens (tertiary/aromatic N) is 4. The third-order valence-electron chi connectivity index (χ3n) is 6.91. The number of thioether (sulfide) groups is 1. The fraction of sp³-hybridized carbons (Fsp3) is 0.414. The fourth-order valence-electron chi connectivity index (χ4n) is 4.86. The molecule has 10 heteroatoms. The number of ether oxygens (including phenoxy) is 2. The van der Waals surface area contributed by atoms with Gasteiger partial charge in [0.2, 0.25) is 0 Å². The quantitative estimate of drug-likeness (QED) is 0.295. The molecule has 1 N–H and O–H groups in total. The van der Waals surface area contributed by atoms with Crippen molar-refractivity contribution in [1.82, 2.24) is 15.3 Å². The number of piperazine rings is 1. The smallest absolute Gasteiger partial charge is 0.251 e. The van der Waals surface area contributed by atoms with Gasteiger partial charge in [0.15, 0.2) is 5.16 Å². The number of amides is 1. The van der Waals surface area contributed by atoms with Gasteiger partial charge in [-0.15, -0.1) is 0 Å². The number of carbonyl (C=O) groups excluding carboxylic acids is 1. The van der Waals surface area contributed by atoms with Crippen LogP contribution in [0.4, 0.5) is 15.9 Å². The maximum atomic E-state index is 14.3. The maximum absolute atomic E-state index is 14.3. The van der Waals surface area contributed by atoms with Gasteiger partial charge in [-0.2, -0.15) is 0 Å². The summed E-state index contributed by atoms with van der Waals surface area (Å²) in [7, 11) is 1.65. The van der Waals surface area contributed by atoms with Gasteiger partial charge in [0.05, 0.1) is 24.1 Å². The molecule has 0 spiro atoms. The number of para-hydroxylation sites is 1. The molecule has 3 aromatic rings. The third-order valence-corrected chi connectivity index (χ3v) is 7.82. The number of halogens is 1. The number of hydrogen-bond acceptors (Lipinski definition) is 8. The average Bonchev–Trinajstić information content (AvgIpc) is 3.49. The molecule has 0 bridgehead atoms. The van der Waals surface area contributed by atoms with Crippen molar-refractivity contribution in [2.24, 2.45) is 0 Å². The molecule has 0 unspecified atom stereocenters. The highest BCUT2D eigenvalue weighted by Gasteiger charge is 2.22. The van der Waals surface area contributed by atoms with Gasteiger partial charge in [-0.25, -0.2) is 14.4 Å². The first kappa shape index (κ1) is 27.4. The zero-order valence-electron chi connectivity index (χ0n) is 22.1. The molecule has 0 saturated carbocycles. The molecule has 2 aliphatic rings. The van der Waals surface area contributed by atoms with E-state index in [1.165, 1.54) is 17.8 Å². The van der Waals surface area contributed by atoms with Crippen molar-refractivity contribution in [3.05, 3.63) is 77.2 Å². The number of rotatable bonds is 10. The minimum absolute atomic E-state index is 0.0903. The van der Waals surface area contributed by atoms with E-state index in [2.05, 4.69) is 20.1 Å². The van der Waals surface area contributed by atoms with Crippen LogP contribution in [0.25, 0.3) is 0 Å². The molecule has 0 aliphatic carbocycles. The lowest BCUT2D eigenvalue weighted by molar-refractivity contribution is 0.0857. The molecule has 206 valence electrons. The predicted molar refractivity (Wildman–Crippen MR) is 151 cm³/mol. The van der Waals surface area contributed by atoms with Crippen LogP contribution in [0, 0.1) is 5.82 Å². The van der Waals surface area contributed by atoms with E-state index in [0.29, 0.717) is 48.4 Å². The molecule has 3 heterocycles. The zero-order valence-corrected chi connectivity index (χ0v) is 23.0. The monoisotopic (exact) mass is 551 g/mol. The van der Waals surface area contributed by atoms with Crippen molar-refractivity contribution in [2.45, 2.75) is 36.5 Å². The molecule has 39 heavy (non-hydrogen) atoms. The van der Waals surface area contributed by atoms with Crippen molar-refractivity contribution >= 4 is 29.2 Å². The van der Waals surface area contributed by atoms with E-state index in [4.69, 9.17) is 14.5 Å². The van der Waals surface area contributed by atoms with Crippen LogP contribution in [0.1, 0.15) is 34.5 Å². The second kappa shape index (κ2) is 13.2. The van der Waals surface area contributed by atoms with E-state index in [1.807, 2.05) is 42.5 Å². The number of aromatic nitrogens is 2. The van der Waals surface area contributed by atoms with Gasteiger partial charge in [0.1, 0.15) is 11.6 Å². The van der Waals surface area contributed by atoms with Crippen LogP contribution in [-0.4, -0.2) is 68.4 Å². The summed E-state index contributed by atoms with van der Waals surface area (Å²) in [6.07, 6.45) is 2.15. The molecule has 8 nitrogen and oxygen atoms in total. The highest BCUT2D eigenvalue weighted by Crippen LogP contribution is 2.26. The number of methoxy groups -OCH3 is 1. The van der Waals surface area contributed by atoms with Gasteiger partial charge >= 0.3 is 0 Å². The van der Waals surface area contributed by atoms with Gasteiger partial charge in [0, 0.05) is 63.8 Å². The number of anilines is 2. The standard InChI is InChI=1S/C29H34FN5O3S/c1-37-19-23-17-27(35-13-11-34(12-14-35)26-10-3-2-9-25(26)30)33-29(32-23)39-20-21-6-4-7-22(16-21)28(36)31-18-24-8-5-15-38-24/h2-4,6-7,9-10,16-17,24H,5,8,11-15,18-20H2,1H3,(H,31,36)/t24-/m0/s1. The second-order valence-electron chi connectivity index (χ2n) is 9.69. The van der Waals surface area contributed by atoms with Gasteiger partial charge in [-0.1, -0.05) is 36.0 Å². The summed E-state index contributed by atoms with van der Waals surface area (Å²) in [5.41, 5.74) is 3.10. The minimum atomic E-state index is -0.196. The Hall–Kier alpha value is -3.21. The first-order valence-electron chi connectivity index (χ1n) is 13.3. The van der Waals surface area contributed by atoms with E-state index in [-0.39, 0.29) is 17.8 Å². The Bertz CT molecular complexity index is 1270. The topological polar surface area (TPSA) is 79.8 Å². The molecular weight excluding hydrogens is 517 g/mol. The molecule has 5 rings (SSSR count). The average molecular weight is 552 g/mol. The van der Waals surface area contributed by atoms with Gasteiger partial charge in [0.25, 0.3) is 5.91 Å². The van der Waals surface area contributed by atoms with Crippen LogP contribution in [-0.2, 0) is 21.8 Å². The Labute approximate surface area is 232 Å². The summed E-state index contributed by atoms with van der Waals surface area (Å²) in [6, 6.07) is 16.5. The lowest BCUT2D eigenvalue weighted by atomic mass is 10.1. The molecule has 2 aromatic carbocycles. The van der Waals surface area contributed by atoms with Gasteiger partial charge in [-0.3, -0.25) is 4.79 Å².